The van der Waals surface area contributed by atoms with E-state index in [0.717, 1.165) is 16.5 Å². The molecule has 0 radical (unpaired) electrons. The summed E-state index contributed by atoms with van der Waals surface area (Å²) in [5.41, 5.74) is 1.10. The first-order valence-corrected chi connectivity index (χ1v) is 5.64. The topological polar surface area (TPSA) is 23.8 Å². The second-order valence-corrected chi connectivity index (χ2v) is 4.37. The zero-order valence-corrected chi connectivity index (χ0v) is 10.1. The summed E-state index contributed by atoms with van der Waals surface area (Å²) in [5, 5.41) is 9.13. The van der Waals surface area contributed by atoms with Gasteiger partial charge in [0.25, 0.3) is 0 Å². The molecule has 2 atom stereocenters. The van der Waals surface area contributed by atoms with Crippen molar-refractivity contribution in [2.24, 2.45) is 5.92 Å². The molecule has 0 amide bonds. The molecule has 0 aliphatic carbocycles. The third kappa shape index (κ3) is 2.36. The molecule has 2 unspecified atom stereocenters. The Morgan fingerprint density at radius 2 is 2.07 bits per heavy atom. The Hall–Kier alpha value is -0.810. The molecule has 1 nitrogen and oxygen atoms in total. The maximum absolute atomic E-state index is 9.13. The second kappa shape index (κ2) is 5.17. The van der Waals surface area contributed by atoms with Crippen LogP contribution in [0.5, 0.6) is 0 Å². The van der Waals surface area contributed by atoms with Crippen LogP contribution in [0.15, 0.2) is 28.7 Å². The molecule has 0 spiro atoms. The van der Waals surface area contributed by atoms with E-state index in [-0.39, 0.29) is 5.92 Å². The lowest BCUT2D eigenvalue weighted by atomic mass is 9.87. The van der Waals surface area contributed by atoms with Crippen LogP contribution in [-0.2, 0) is 0 Å². The van der Waals surface area contributed by atoms with Gasteiger partial charge in [0.1, 0.15) is 0 Å². The molecule has 14 heavy (non-hydrogen) atoms. The first-order valence-electron chi connectivity index (χ1n) is 4.84. The first-order chi connectivity index (χ1) is 6.70. The number of hydrogen-bond acceptors (Lipinski definition) is 1. The molecule has 1 aromatic rings. The summed E-state index contributed by atoms with van der Waals surface area (Å²) in [5.74, 6) is 0.397. The van der Waals surface area contributed by atoms with Crippen molar-refractivity contribution < 1.29 is 0 Å². The minimum atomic E-state index is -0.00410. The quantitative estimate of drug-likeness (QED) is 0.794. The Labute approximate surface area is 93.9 Å². The summed E-state index contributed by atoms with van der Waals surface area (Å²) < 4.78 is 1.03. The maximum atomic E-state index is 9.13. The summed E-state index contributed by atoms with van der Waals surface area (Å²) in [7, 11) is 0. The van der Waals surface area contributed by atoms with Crippen LogP contribution in [0.25, 0.3) is 0 Å². The van der Waals surface area contributed by atoms with Crippen molar-refractivity contribution in [3.8, 4) is 6.07 Å². The highest BCUT2D eigenvalue weighted by molar-refractivity contribution is 9.10. The SMILES string of the molecule is CCC(C)C(C#N)c1ccccc1Br. The molecule has 0 saturated carbocycles. The minimum Gasteiger partial charge on any atom is -0.198 e. The molecule has 0 aliphatic rings. The van der Waals surface area contributed by atoms with E-state index in [1.54, 1.807) is 0 Å². The van der Waals surface area contributed by atoms with Crippen molar-refractivity contribution in [2.75, 3.05) is 0 Å². The van der Waals surface area contributed by atoms with E-state index < -0.39 is 0 Å². The van der Waals surface area contributed by atoms with Gasteiger partial charge in [0.2, 0.25) is 0 Å². The zero-order valence-electron chi connectivity index (χ0n) is 8.50. The summed E-state index contributed by atoms with van der Waals surface area (Å²) in [6.45, 7) is 4.24. The average Bonchev–Trinajstić information content (AvgIpc) is 2.21. The fourth-order valence-electron chi connectivity index (χ4n) is 1.47. The highest BCUT2D eigenvalue weighted by Crippen LogP contribution is 2.31. The van der Waals surface area contributed by atoms with Crippen molar-refractivity contribution in [1.29, 1.82) is 5.26 Å². The summed E-state index contributed by atoms with van der Waals surface area (Å²) in [4.78, 5) is 0. The average molecular weight is 252 g/mol. The predicted octanol–water partition coefficient (Wildman–Crippen LogP) is 4.10. The monoisotopic (exact) mass is 251 g/mol. The number of rotatable bonds is 3. The van der Waals surface area contributed by atoms with Crippen LogP contribution in [0.2, 0.25) is 0 Å². The third-order valence-electron chi connectivity index (χ3n) is 2.59. The molecule has 2 heteroatoms. The highest BCUT2D eigenvalue weighted by atomic mass is 79.9. The van der Waals surface area contributed by atoms with Crippen molar-refractivity contribution in [2.45, 2.75) is 26.2 Å². The van der Waals surface area contributed by atoms with Crippen molar-refractivity contribution in [1.82, 2.24) is 0 Å². The predicted molar refractivity (Wildman–Crippen MR) is 62.0 cm³/mol. The molecule has 0 aromatic heterocycles. The number of benzene rings is 1. The zero-order chi connectivity index (χ0) is 10.6. The molecule has 0 heterocycles. The Kier molecular flexibility index (Phi) is 4.16. The molecule has 0 aliphatic heterocycles. The fraction of sp³-hybridized carbons (Fsp3) is 0.417. The van der Waals surface area contributed by atoms with E-state index in [9.17, 15) is 0 Å². The molecular formula is C12H14BrN. The van der Waals surface area contributed by atoms with E-state index in [4.69, 9.17) is 5.26 Å². The standard InChI is InChI=1S/C12H14BrN/c1-3-9(2)11(8-14)10-6-4-5-7-12(10)13/h4-7,9,11H,3H2,1-2H3. The van der Waals surface area contributed by atoms with Crippen LogP contribution < -0.4 is 0 Å². The molecular weight excluding hydrogens is 238 g/mol. The number of nitriles is 1. The van der Waals surface area contributed by atoms with Crippen LogP contribution in [0.3, 0.4) is 0 Å². The van der Waals surface area contributed by atoms with Crippen molar-refractivity contribution in [3.63, 3.8) is 0 Å². The number of hydrogen-bond donors (Lipinski definition) is 0. The fourth-order valence-corrected chi connectivity index (χ4v) is 2.00. The molecule has 0 fully saturated rings. The summed E-state index contributed by atoms with van der Waals surface area (Å²) in [6, 6.07) is 10.3. The summed E-state index contributed by atoms with van der Waals surface area (Å²) in [6.07, 6.45) is 1.03. The van der Waals surface area contributed by atoms with Crippen molar-refractivity contribution >= 4 is 15.9 Å². The van der Waals surface area contributed by atoms with Gasteiger partial charge in [-0.05, 0) is 17.5 Å². The van der Waals surface area contributed by atoms with Gasteiger partial charge in [-0.25, -0.2) is 0 Å². The van der Waals surface area contributed by atoms with Gasteiger partial charge in [-0.1, -0.05) is 54.4 Å². The van der Waals surface area contributed by atoms with Gasteiger partial charge in [-0.15, -0.1) is 0 Å². The normalized spacial score (nSPS) is 14.4. The van der Waals surface area contributed by atoms with Gasteiger partial charge in [0.05, 0.1) is 12.0 Å². The lowest BCUT2D eigenvalue weighted by Crippen LogP contribution is -2.07. The van der Waals surface area contributed by atoms with Gasteiger partial charge < -0.3 is 0 Å². The molecule has 1 rings (SSSR count). The largest absolute Gasteiger partial charge is 0.198 e. The van der Waals surface area contributed by atoms with E-state index in [0.29, 0.717) is 5.92 Å². The maximum Gasteiger partial charge on any atom is 0.0749 e. The Morgan fingerprint density at radius 3 is 2.57 bits per heavy atom. The van der Waals surface area contributed by atoms with Gasteiger partial charge in [0.15, 0.2) is 0 Å². The van der Waals surface area contributed by atoms with Gasteiger partial charge in [-0.2, -0.15) is 5.26 Å². The van der Waals surface area contributed by atoms with Gasteiger partial charge >= 0.3 is 0 Å². The molecule has 0 N–H and O–H groups in total. The van der Waals surface area contributed by atoms with Gasteiger partial charge in [-0.3, -0.25) is 0 Å². The molecule has 74 valence electrons. The van der Waals surface area contributed by atoms with Crippen LogP contribution in [0, 0.1) is 17.2 Å². The van der Waals surface area contributed by atoms with Crippen LogP contribution in [-0.4, -0.2) is 0 Å². The Morgan fingerprint density at radius 1 is 1.43 bits per heavy atom. The smallest absolute Gasteiger partial charge is 0.0749 e. The minimum absolute atomic E-state index is 0.00410. The van der Waals surface area contributed by atoms with Gasteiger partial charge in [0, 0.05) is 4.47 Å². The van der Waals surface area contributed by atoms with E-state index in [1.807, 2.05) is 24.3 Å². The molecule has 1 aromatic carbocycles. The van der Waals surface area contributed by atoms with E-state index in [1.165, 1.54) is 0 Å². The Balaban J connectivity index is 3.02. The van der Waals surface area contributed by atoms with Crippen molar-refractivity contribution in [3.05, 3.63) is 34.3 Å². The number of nitrogens with zero attached hydrogens (tertiary/aromatic N) is 1. The van der Waals surface area contributed by atoms with E-state index >= 15 is 0 Å². The van der Waals surface area contributed by atoms with E-state index in [2.05, 4.69) is 35.8 Å². The van der Waals surface area contributed by atoms with Crippen LogP contribution in [0.4, 0.5) is 0 Å². The number of halogens is 1. The van der Waals surface area contributed by atoms with Crippen LogP contribution in [0.1, 0.15) is 31.7 Å². The summed E-state index contributed by atoms with van der Waals surface area (Å²) >= 11 is 3.48. The lowest BCUT2D eigenvalue weighted by molar-refractivity contribution is 0.513. The lowest BCUT2D eigenvalue weighted by Gasteiger charge is -2.17. The first kappa shape index (κ1) is 11.3. The van der Waals surface area contributed by atoms with Crippen LogP contribution >= 0.6 is 15.9 Å². The third-order valence-corrected chi connectivity index (χ3v) is 3.31. The Bertz CT molecular complexity index is 340. The second-order valence-electron chi connectivity index (χ2n) is 3.51. The highest BCUT2D eigenvalue weighted by Gasteiger charge is 2.18. The molecule has 0 bridgehead atoms. The molecule has 0 saturated heterocycles.